The van der Waals surface area contributed by atoms with Gasteiger partial charge in [-0.15, -0.1) is 4.83 Å². The summed E-state index contributed by atoms with van der Waals surface area (Å²) in [5.74, 6) is 0.863. The number of sulfonamides is 1. The highest BCUT2D eigenvalue weighted by Crippen LogP contribution is 2.28. The first kappa shape index (κ1) is 16.5. The molecule has 1 aliphatic rings. The fourth-order valence-electron chi connectivity index (χ4n) is 2.56. The van der Waals surface area contributed by atoms with Gasteiger partial charge in [-0.05, 0) is 31.9 Å². The Labute approximate surface area is 141 Å². The second kappa shape index (κ2) is 6.62. The van der Waals surface area contributed by atoms with Crippen LogP contribution in [0.5, 0.6) is 0 Å². The third kappa shape index (κ3) is 3.41. The number of nitrogens with one attached hydrogen (secondary N) is 2. The van der Waals surface area contributed by atoms with E-state index in [1.165, 1.54) is 6.33 Å². The highest BCUT2D eigenvalue weighted by molar-refractivity contribution is 7.89. The second-order valence-electron chi connectivity index (χ2n) is 5.70. The molecule has 1 aliphatic heterocycles. The van der Waals surface area contributed by atoms with Gasteiger partial charge in [-0.1, -0.05) is 17.7 Å². The number of hydrazine groups is 1. The Kier molecular flexibility index (Phi) is 4.54. The van der Waals surface area contributed by atoms with Crippen LogP contribution in [0.3, 0.4) is 0 Å². The molecule has 24 heavy (non-hydrogen) atoms. The van der Waals surface area contributed by atoms with Gasteiger partial charge in [0.25, 0.3) is 10.0 Å². The lowest BCUT2D eigenvalue weighted by molar-refractivity contribution is 0.587. The molecule has 0 bridgehead atoms. The van der Waals surface area contributed by atoms with Crippen LogP contribution in [-0.4, -0.2) is 31.5 Å². The molecule has 0 spiro atoms. The van der Waals surface area contributed by atoms with Gasteiger partial charge in [0.15, 0.2) is 11.6 Å². The fourth-order valence-corrected chi connectivity index (χ4v) is 3.40. The molecule has 2 heterocycles. The molecule has 0 unspecified atom stereocenters. The molecule has 1 fully saturated rings. The van der Waals surface area contributed by atoms with E-state index in [1.54, 1.807) is 24.3 Å². The molecule has 4 N–H and O–H groups in total. The number of anilines is 3. The number of hydrogen-bond acceptors (Lipinski definition) is 7. The van der Waals surface area contributed by atoms with Crippen LogP contribution < -0.4 is 20.9 Å². The van der Waals surface area contributed by atoms with Gasteiger partial charge in [0.05, 0.1) is 4.90 Å². The third-order valence-corrected chi connectivity index (χ3v) is 5.17. The SMILES string of the molecule is Cc1ccc(S(=O)(=O)NNc2ncnc(N3CCCC3)c2N)cc1. The Morgan fingerprint density at radius 2 is 1.79 bits per heavy atom. The molecule has 8 nitrogen and oxygen atoms in total. The molecule has 1 aromatic carbocycles. The summed E-state index contributed by atoms with van der Waals surface area (Å²) in [5, 5.41) is 0. The summed E-state index contributed by atoms with van der Waals surface area (Å²) < 4.78 is 24.6. The molecule has 0 atom stereocenters. The van der Waals surface area contributed by atoms with Crippen molar-refractivity contribution >= 4 is 27.3 Å². The minimum absolute atomic E-state index is 0.160. The maximum absolute atomic E-state index is 12.3. The van der Waals surface area contributed by atoms with E-state index < -0.39 is 10.0 Å². The molecule has 0 saturated carbocycles. The average Bonchev–Trinajstić information content (AvgIpc) is 3.08. The maximum Gasteiger partial charge on any atom is 0.257 e. The number of aryl methyl sites for hydroxylation is 1. The number of benzene rings is 1. The smallest absolute Gasteiger partial charge is 0.257 e. The molecule has 9 heteroatoms. The highest BCUT2D eigenvalue weighted by Gasteiger charge is 2.20. The molecular formula is C15H20N6O2S. The maximum atomic E-state index is 12.3. The van der Waals surface area contributed by atoms with Gasteiger partial charge in [0, 0.05) is 13.1 Å². The van der Waals surface area contributed by atoms with E-state index in [0.717, 1.165) is 31.5 Å². The molecule has 0 amide bonds. The Balaban J connectivity index is 1.76. The number of hydrogen-bond donors (Lipinski definition) is 3. The molecule has 0 radical (unpaired) electrons. The minimum Gasteiger partial charge on any atom is -0.393 e. The van der Waals surface area contributed by atoms with Crippen molar-refractivity contribution in [1.82, 2.24) is 14.8 Å². The van der Waals surface area contributed by atoms with Crippen molar-refractivity contribution in [3.63, 3.8) is 0 Å². The summed E-state index contributed by atoms with van der Waals surface area (Å²) in [6, 6.07) is 6.55. The quantitative estimate of drug-likeness (QED) is 0.697. The molecule has 2 aromatic rings. The summed E-state index contributed by atoms with van der Waals surface area (Å²) >= 11 is 0. The van der Waals surface area contributed by atoms with Crippen molar-refractivity contribution < 1.29 is 8.42 Å². The monoisotopic (exact) mass is 348 g/mol. The zero-order valence-electron chi connectivity index (χ0n) is 13.4. The lowest BCUT2D eigenvalue weighted by Crippen LogP contribution is -2.31. The first-order chi connectivity index (χ1) is 11.5. The van der Waals surface area contributed by atoms with Crippen LogP contribution in [0.1, 0.15) is 18.4 Å². The number of aromatic nitrogens is 2. The predicted molar refractivity (Wildman–Crippen MR) is 93.0 cm³/mol. The van der Waals surface area contributed by atoms with Crippen LogP contribution >= 0.6 is 0 Å². The largest absolute Gasteiger partial charge is 0.393 e. The van der Waals surface area contributed by atoms with Crippen LogP contribution in [-0.2, 0) is 10.0 Å². The van der Waals surface area contributed by atoms with E-state index in [1.807, 2.05) is 6.92 Å². The second-order valence-corrected chi connectivity index (χ2v) is 7.38. The Morgan fingerprint density at radius 3 is 2.46 bits per heavy atom. The normalized spacial score (nSPS) is 14.8. The minimum atomic E-state index is -3.71. The topological polar surface area (TPSA) is 113 Å². The lowest BCUT2D eigenvalue weighted by atomic mass is 10.2. The van der Waals surface area contributed by atoms with E-state index >= 15 is 0 Å². The standard InChI is InChI=1S/C15H20N6O2S/c1-11-4-6-12(7-5-11)24(22,23)20-19-14-13(16)15(18-10-17-14)21-8-2-3-9-21/h4-7,10,20H,2-3,8-9,16H2,1H3,(H,17,18,19). The van der Waals surface area contributed by atoms with E-state index in [2.05, 4.69) is 25.1 Å². The van der Waals surface area contributed by atoms with Crippen LogP contribution in [0.2, 0.25) is 0 Å². The Morgan fingerprint density at radius 1 is 1.12 bits per heavy atom. The van der Waals surface area contributed by atoms with Crippen molar-refractivity contribution in [3.05, 3.63) is 36.2 Å². The Hall–Kier alpha value is -2.39. The number of nitrogens with two attached hydrogens (primary N) is 1. The third-order valence-electron chi connectivity index (χ3n) is 3.90. The number of rotatable bonds is 5. The molecular weight excluding hydrogens is 328 g/mol. The molecule has 0 aliphatic carbocycles. The van der Waals surface area contributed by atoms with Crippen molar-refractivity contribution in [3.8, 4) is 0 Å². The van der Waals surface area contributed by atoms with E-state index in [9.17, 15) is 8.42 Å². The van der Waals surface area contributed by atoms with Crippen LogP contribution in [0.25, 0.3) is 0 Å². The summed E-state index contributed by atoms with van der Waals surface area (Å²) in [6.07, 6.45) is 3.55. The average molecular weight is 348 g/mol. The van der Waals surface area contributed by atoms with Crippen LogP contribution in [0, 0.1) is 6.92 Å². The van der Waals surface area contributed by atoms with Gasteiger partial charge in [-0.2, -0.15) is 0 Å². The summed E-state index contributed by atoms with van der Waals surface area (Å²) in [4.78, 5) is 12.8. The molecule has 3 rings (SSSR count). The van der Waals surface area contributed by atoms with Gasteiger partial charge < -0.3 is 10.6 Å². The summed E-state index contributed by atoms with van der Waals surface area (Å²) in [5.41, 5.74) is 9.99. The first-order valence-electron chi connectivity index (χ1n) is 7.67. The van der Waals surface area contributed by atoms with Gasteiger partial charge in [-0.3, -0.25) is 5.43 Å². The van der Waals surface area contributed by atoms with E-state index in [0.29, 0.717) is 11.5 Å². The highest BCUT2D eigenvalue weighted by atomic mass is 32.2. The van der Waals surface area contributed by atoms with Crippen molar-refractivity contribution in [1.29, 1.82) is 0 Å². The van der Waals surface area contributed by atoms with Crippen LogP contribution in [0.15, 0.2) is 35.5 Å². The Bertz CT molecular complexity index is 816. The predicted octanol–water partition coefficient (Wildman–Crippen LogP) is 1.27. The molecule has 1 aromatic heterocycles. The fraction of sp³-hybridized carbons (Fsp3) is 0.333. The van der Waals surface area contributed by atoms with Gasteiger partial charge in [-0.25, -0.2) is 18.4 Å². The molecule has 128 valence electrons. The van der Waals surface area contributed by atoms with Crippen molar-refractivity contribution in [2.45, 2.75) is 24.7 Å². The van der Waals surface area contributed by atoms with Crippen molar-refractivity contribution in [2.24, 2.45) is 0 Å². The zero-order valence-corrected chi connectivity index (χ0v) is 14.2. The first-order valence-corrected chi connectivity index (χ1v) is 9.15. The van der Waals surface area contributed by atoms with Crippen molar-refractivity contribution in [2.75, 3.05) is 29.1 Å². The zero-order chi connectivity index (χ0) is 17.2. The summed E-state index contributed by atoms with van der Waals surface area (Å²) in [6.45, 7) is 3.66. The number of nitrogens with zero attached hydrogens (tertiary/aromatic N) is 3. The van der Waals surface area contributed by atoms with E-state index in [-0.39, 0.29) is 10.7 Å². The van der Waals surface area contributed by atoms with Gasteiger partial charge in [0.2, 0.25) is 0 Å². The van der Waals surface area contributed by atoms with Gasteiger partial charge >= 0.3 is 0 Å². The lowest BCUT2D eigenvalue weighted by Gasteiger charge is -2.19. The van der Waals surface area contributed by atoms with E-state index in [4.69, 9.17) is 5.73 Å². The number of nitrogen functional groups attached to an aromatic ring is 1. The summed E-state index contributed by atoms with van der Waals surface area (Å²) in [7, 11) is -3.71. The van der Waals surface area contributed by atoms with Gasteiger partial charge in [0.1, 0.15) is 12.0 Å². The molecule has 1 saturated heterocycles. The van der Waals surface area contributed by atoms with Crippen LogP contribution in [0.4, 0.5) is 17.3 Å².